The summed E-state index contributed by atoms with van der Waals surface area (Å²) in [6.45, 7) is 1.07. The van der Waals surface area contributed by atoms with Gasteiger partial charge in [-0.15, -0.1) is 11.3 Å². The van der Waals surface area contributed by atoms with E-state index < -0.39 is 23.1 Å². The number of amides is 1. The number of halogens is 2. The fraction of sp³-hybridized carbons (Fsp3) is 0.294. The van der Waals surface area contributed by atoms with E-state index in [1.807, 2.05) is 0 Å². The Morgan fingerprint density at radius 2 is 2.00 bits per heavy atom. The van der Waals surface area contributed by atoms with E-state index in [0.29, 0.717) is 10.9 Å². The molecule has 24 heavy (non-hydrogen) atoms. The van der Waals surface area contributed by atoms with Crippen molar-refractivity contribution in [3.05, 3.63) is 57.8 Å². The minimum absolute atomic E-state index is 0.0291. The molecule has 1 heterocycles. The van der Waals surface area contributed by atoms with Gasteiger partial charge in [0.1, 0.15) is 17.2 Å². The molecule has 1 unspecified atom stereocenters. The third-order valence-corrected chi connectivity index (χ3v) is 4.43. The number of aliphatic hydroxyl groups is 1. The molecule has 2 N–H and O–H groups in total. The second-order valence-electron chi connectivity index (χ2n) is 5.58. The molecule has 0 fully saturated rings. The summed E-state index contributed by atoms with van der Waals surface area (Å²) >= 11 is 1.31. The van der Waals surface area contributed by atoms with Gasteiger partial charge < -0.3 is 10.4 Å². The van der Waals surface area contributed by atoms with Crippen molar-refractivity contribution >= 4 is 23.0 Å². The summed E-state index contributed by atoms with van der Waals surface area (Å²) in [5, 5.41) is 14.5. The largest absolute Gasteiger partial charge is 0.383 e. The van der Waals surface area contributed by atoms with Crippen molar-refractivity contribution in [1.29, 1.82) is 0 Å². The molecule has 7 heteroatoms. The van der Waals surface area contributed by atoms with Crippen LogP contribution in [0, 0.1) is 11.6 Å². The zero-order valence-electron chi connectivity index (χ0n) is 13.0. The normalized spacial score (nSPS) is 13.3. The Morgan fingerprint density at radius 3 is 2.62 bits per heavy atom. The van der Waals surface area contributed by atoms with Gasteiger partial charge in [0.15, 0.2) is 5.78 Å². The third kappa shape index (κ3) is 4.69. The van der Waals surface area contributed by atoms with Crippen LogP contribution >= 0.6 is 11.3 Å². The van der Waals surface area contributed by atoms with Crippen molar-refractivity contribution in [2.75, 3.05) is 6.54 Å². The zero-order chi connectivity index (χ0) is 17.7. The van der Waals surface area contributed by atoms with Gasteiger partial charge in [-0.25, -0.2) is 8.78 Å². The lowest BCUT2D eigenvalue weighted by atomic mass is 9.95. The van der Waals surface area contributed by atoms with Crippen molar-refractivity contribution in [2.24, 2.45) is 0 Å². The number of carbonyl (C=O) groups is 2. The summed E-state index contributed by atoms with van der Waals surface area (Å²) < 4.78 is 26.6. The van der Waals surface area contributed by atoms with Crippen LogP contribution in [-0.4, -0.2) is 23.3 Å². The number of ketones is 1. The van der Waals surface area contributed by atoms with Crippen molar-refractivity contribution in [3.63, 3.8) is 0 Å². The molecule has 128 valence electrons. The van der Waals surface area contributed by atoms with E-state index in [4.69, 9.17) is 0 Å². The van der Waals surface area contributed by atoms with Crippen molar-refractivity contribution in [1.82, 2.24) is 5.32 Å². The fourth-order valence-corrected chi connectivity index (χ4v) is 2.86. The lowest BCUT2D eigenvalue weighted by molar-refractivity contribution is -0.122. The molecule has 0 saturated heterocycles. The number of rotatable bonds is 7. The lowest BCUT2D eigenvalue weighted by Gasteiger charge is -2.24. The van der Waals surface area contributed by atoms with Crippen LogP contribution in [-0.2, 0) is 10.4 Å². The summed E-state index contributed by atoms with van der Waals surface area (Å²) in [7, 11) is 0. The molecule has 0 aliphatic carbocycles. The monoisotopic (exact) mass is 353 g/mol. The standard InChI is InChI=1S/C17H17F2NO3S/c1-17(23,12-5-4-11(18)9-13(12)19)10-20-16(22)7-6-14(21)15-3-2-8-24-15/h2-5,8-9,23H,6-7,10H2,1H3,(H,20,22). The fourth-order valence-electron chi connectivity index (χ4n) is 2.17. The maximum atomic E-state index is 13.7. The highest BCUT2D eigenvalue weighted by Gasteiger charge is 2.27. The van der Waals surface area contributed by atoms with Crippen LogP contribution in [0.3, 0.4) is 0 Å². The quantitative estimate of drug-likeness (QED) is 0.752. The molecular weight excluding hydrogens is 336 g/mol. The van der Waals surface area contributed by atoms with Crippen LogP contribution in [0.4, 0.5) is 8.78 Å². The van der Waals surface area contributed by atoms with Gasteiger partial charge in [-0.05, 0) is 24.4 Å². The van der Waals surface area contributed by atoms with E-state index in [1.165, 1.54) is 18.3 Å². The number of Topliss-reactive ketones (excluding diaryl/α,β-unsaturated/α-hetero) is 1. The van der Waals surface area contributed by atoms with Gasteiger partial charge in [0.2, 0.25) is 5.91 Å². The van der Waals surface area contributed by atoms with Gasteiger partial charge in [0.25, 0.3) is 0 Å². The summed E-state index contributed by atoms with van der Waals surface area (Å²) in [5.74, 6) is -2.19. The van der Waals surface area contributed by atoms with E-state index in [0.717, 1.165) is 12.1 Å². The molecule has 0 bridgehead atoms. The summed E-state index contributed by atoms with van der Waals surface area (Å²) in [6.07, 6.45) is 0.0259. The summed E-state index contributed by atoms with van der Waals surface area (Å²) in [5.41, 5.74) is -1.80. The molecule has 0 spiro atoms. The second kappa shape index (κ2) is 7.63. The molecule has 4 nitrogen and oxygen atoms in total. The predicted molar refractivity (Wildman–Crippen MR) is 86.8 cm³/mol. The van der Waals surface area contributed by atoms with E-state index >= 15 is 0 Å². The van der Waals surface area contributed by atoms with Crippen molar-refractivity contribution in [2.45, 2.75) is 25.4 Å². The topological polar surface area (TPSA) is 66.4 Å². The molecule has 1 amide bonds. The first-order valence-electron chi connectivity index (χ1n) is 7.31. The molecule has 0 saturated carbocycles. The molecule has 1 aromatic heterocycles. The van der Waals surface area contributed by atoms with Gasteiger partial charge in [-0.1, -0.05) is 12.1 Å². The van der Waals surface area contributed by atoms with Gasteiger partial charge in [0, 0.05) is 24.5 Å². The molecule has 0 aliphatic heterocycles. The van der Waals surface area contributed by atoms with Crippen LogP contribution in [0.2, 0.25) is 0 Å². The van der Waals surface area contributed by atoms with Gasteiger partial charge in [-0.2, -0.15) is 0 Å². The Balaban J connectivity index is 1.87. The second-order valence-corrected chi connectivity index (χ2v) is 6.52. The van der Waals surface area contributed by atoms with Crippen LogP contribution in [0.15, 0.2) is 35.7 Å². The van der Waals surface area contributed by atoms with E-state index in [1.54, 1.807) is 17.5 Å². The van der Waals surface area contributed by atoms with E-state index in [2.05, 4.69) is 5.32 Å². The Labute approximate surface area is 142 Å². The first kappa shape index (κ1) is 18.2. The Morgan fingerprint density at radius 1 is 1.25 bits per heavy atom. The molecule has 2 aromatic rings. The van der Waals surface area contributed by atoms with Crippen molar-refractivity contribution < 1.29 is 23.5 Å². The minimum Gasteiger partial charge on any atom is -0.383 e. The summed E-state index contributed by atoms with van der Waals surface area (Å²) in [6, 6.07) is 6.29. The molecule has 0 radical (unpaired) electrons. The smallest absolute Gasteiger partial charge is 0.220 e. The highest BCUT2D eigenvalue weighted by Crippen LogP contribution is 2.23. The summed E-state index contributed by atoms with van der Waals surface area (Å²) in [4.78, 5) is 24.2. The average molecular weight is 353 g/mol. The maximum absolute atomic E-state index is 13.7. The first-order chi connectivity index (χ1) is 11.3. The molecule has 1 aromatic carbocycles. The zero-order valence-corrected chi connectivity index (χ0v) is 13.8. The Bertz CT molecular complexity index is 729. The predicted octanol–water partition coefficient (Wildman–Crippen LogP) is 3.01. The highest BCUT2D eigenvalue weighted by atomic mass is 32.1. The maximum Gasteiger partial charge on any atom is 0.220 e. The van der Waals surface area contributed by atoms with Crippen molar-refractivity contribution in [3.8, 4) is 0 Å². The highest BCUT2D eigenvalue weighted by molar-refractivity contribution is 7.12. The molecule has 2 rings (SSSR count). The average Bonchev–Trinajstić information content (AvgIpc) is 3.04. The number of nitrogens with one attached hydrogen (secondary N) is 1. The van der Waals surface area contributed by atoms with E-state index in [9.17, 15) is 23.5 Å². The Kier molecular flexibility index (Phi) is 5.80. The van der Waals surface area contributed by atoms with Gasteiger partial charge >= 0.3 is 0 Å². The number of thiophene rings is 1. The van der Waals surface area contributed by atoms with Crippen LogP contribution in [0.1, 0.15) is 35.0 Å². The third-order valence-electron chi connectivity index (χ3n) is 3.52. The number of hydrogen-bond donors (Lipinski definition) is 2. The first-order valence-corrected chi connectivity index (χ1v) is 8.19. The lowest BCUT2D eigenvalue weighted by Crippen LogP contribution is -2.39. The van der Waals surface area contributed by atoms with Crippen LogP contribution in [0.5, 0.6) is 0 Å². The van der Waals surface area contributed by atoms with Gasteiger partial charge in [-0.3, -0.25) is 9.59 Å². The van der Waals surface area contributed by atoms with E-state index in [-0.39, 0.29) is 30.7 Å². The van der Waals surface area contributed by atoms with Gasteiger partial charge in [0.05, 0.1) is 11.4 Å². The number of hydrogen-bond acceptors (Lipinski definition) is 4. The molecule has 0 aliphatic rings. The number of carbonyl (C=O) groups excluding carboxylic acids is 2. The van der Waals surface area contributed by atoms with Crippen LogP contribution < -0.4 is 5.32 Å². The number of benzene rings is 1. The van der Waals surface area contributed by atoms with Crippen LogP contribution in [0.25, 0.3) is 0 Å². The minimum atomic E-state index is -1.69. The molecular formula is C17H17F2NO3S. The molecule has 1 atom stereocenters. The Hall–Kier alpha value is -2.12. The SMILES string of the molecule is CC(O)(CNC(=O)CCC(=O)c1cccs1)c1ccc(F)cc1F.